The van der Waals surface area contributed by atoms with Crippen molar-refractivity contribution in [2.75, 3.05) is 32.8 Å². The largest absolute Gasteiger partial charge is 0.481 e. The number of hydrogen-bond donors (Lipinski definition) is 1. The molecule has 0 aromatic carbocycles. The van der Waals surface area contributed by atoms with Gasteiger partial charge in [-0.1, -0.05) is 52.9 Å². The topological polar surface area (TPSA) is 87.2 Å². The molecule has 1 atom stereocenters. The van der Waals surface area contributed by atoms with Crippen molar-refractivity contribution in [1.82, 2.24) is 9.80 Å². The number of hydrogen-bond acceptors (Lipinski definition) is 4. The van der Waals surface area contributed by atoms with E-state index in [1.807, 2.05) is 20.8 Å². The highest BCUT2D eigenvalue weighted by atomic mass is 16.5. The minimum atomic E-state index is -0.701. The first kappa shape index (κ1) is 30.4. The molecule has 1 saturated heterocycles. The second kappa shape index (κ2) is 15.4. The Labute approximate surface area is 207 Å². The lowest BCUT2D eigenvalue weighted by atomic mass is 9.74. The molecule has 0 spiro atoms. The molecule has 1 aliphatic rings. The molecule has 0 bridgehead atoms. The van der Waals surface area contributed by atoms with Crippen LogP contribution in [0.15, 0.2) is 0 Å². The summed E-state index contributed by atoms with van der Waals surface area (Å²) >= 11 is 0. The van der Waals surface area contributed by atoms with E-state index in [1.54, 1.807) is 4.90 Å². The molecule has 7 heteroatoms. The van der Waals surface area contributed by atoms with Gasteiger partial charge in [-0.25, -0.2) is 4.79 Å². The van der Waals surface area contributed by atoms with Crippen LogP contribution in [0.5, 0.6) is 0 Å². The number of nitrogens with zero attached hydrogens (tertiary/aromatic N) is 2. The van der Waals surface area contributed by atoms with Gasteiger partial charge in [0.05, 0.1) is 5.41 Å². The summed E-state index contributed by atoms with van der Waals surface area (Å²) in [6.45, 7) is 13.0. The molecular formula is C27H50N2O5. The molecule has 1 rings (SSSR count). The Morgan fingerprint density at radius 3 is 1.91 bits per heavy atom. The maximum Gasteiger partial charge on any atom is 0.327 e. The zero-order valence-corrected chi connectivity index (χ0v) is 22.5. The molecule has 1 fully saturated rings. The fraction of sp³-hybridized carbons (Fsp3) is 0.889. The lowest BCUT2D eigenvalue weighted by molar-refractivity contribution is -0.148. The fourth-order valence-corrected chi connectivity index (χ4v) is 4.87. The van der Waals surface area contributed by atoms with Gasteiger partial charge in [-0.05, 0) is 64.2 Å². The molecule has 34 heavy (non-hydrogen) atoms. The Bertz CT molecular complexity index is 635. The van der Waals surface area contributed by atoms with Gasteiger partial charge in [0.25, 0.3) is 0 Å². The van der Waals surface area contributed by atoms with Crippen LogP contribution >= 0.6 is 0 Å². The van der Waals surface area contributed by atoms with Gasteiger partial charge < -0.3 is 14.7 Å². The van der Waals surface area contributed by atoms with E-state index in [-0.39, 0.29) is 18.5 Å². The van der Waals surface area contributed by atoms with E-state index >= 15 is 0 Å². The van der Waals surface area contributed by atoms with Gasteiger partial charge >= 0.3 is 12.0 Å². The van der Waals surface area contributed by atoms with Crippen LogP contribution in [-0.4, -0.2) is 65.7 Å². The molecule has 198 valence electrons. The fourth-order valence-electron chi connectivity index (χ4n) is 4.87. The highest BCUT2D eigenvalue weighted by molar-refractivity contribution is 6.01. The Morgan fingerprint density at radius 1 is 0.882 bits per heavy atom. The van der Waals surface area contributed by atoms with Gasteiger partial charge in [-0.15, -0.1) is 0 Å². The van der Waals surface area contributed by atoms with Crippen LogP contribution in [-0.2, 0) is 14.3 Å². The van der Waals surface area contributed by atoms with Gasteiger partial charge in [0.15, 0.2) is 0 Å². The standard InChI is InChI=1S/C27H50N2O5/c1-6-26(5,24(31)32)16-11-14-20-34-21-15-12-18-27(7-2,8-3)17-10-13-19-29-23(30)22-28(9-4)25(29)33/h6-22H2,1-5H3,(H,31,32). The van der Waals surface area contributed by atoms with E-state index in [4.69, 9.17) is 4.74 Å². The molecule has 1 N–H and O–H groups in total. The predicted octanol–water partition coefficient (Wildman–Crippen LogP) is 6.11. The molecule has 0 aliphatic carbocycles. The smallest absolute Gasteiger partial charge is 0.327 e. The Hall–Kier alpha value is -1.63. The summed E-state index contributed by atoms with van der Waals surface area (Å²) in [4.78, 5) is 38.6. The minimum Gasteiger partial charge on any atom is -0.481 e. The van der Waals surface area contributed by atoms with Crippen LogP contribution in [0.3, 0.4) is 0 Å². The van der Waals surface area contributed by atoms with Crippen molar-refractivity contribution in [2.45, 2.75) is 112 Å². The lowest BCUT2D eigenvalue weighted by Crippen LogP contribution is -2.33. The number of aliphatic carboxylic acids is 1. The summed E-state index contributed by atoms with van der Waals surface area (Å²) in [7, 11) is 0. The van der Waals surface area contributed by atoms with Crippen molar-refractivity contribution in [3.05, 3.63) is 0 Å². The summed E-state index contributed by atoms with van der Waals surface area (Å²) in [5.41, 5.74) is -0.283. The predicted molar refractivity (Wildman–Crippen MR) is 136 cm³/mol. The van der Waals surface area contributed by atoms with Gasteiger partial charge in [-0.2, -0.15) is 0 Å². The van der Waals surface area contributed by atoms with Crippen LogP contribution in [0.25, 0.3) is 0 Å². The second-order valence-corrected chi connectivity index (χ2v) is 10.3. The number of carboxylic acid groups (broad SMARTS) is 1. The van der Waals surface area contributed by atoms with Crippen molar-refractivity contribution in [3.63, 3.8) is 0 Å². The maximum absolute atomic E-state index is 12.2. The molecule has 0 radical (unpaired) electrons. The highest BCUT2D eigenvalue weighted by Gasteiger charge is 2.34. The van der Waals surface area contributed by atoms with Crippen molar-refractivity contribution in [3.8, 4) is 0 Å². The molecule has 1 aliphatic heterocycles. The first-order valence-corrected chi connectivity index (χ1v) is 13.6. The lowest BCUT2D eigenvalue weighted by Gasteiger charge is -2.32. The number of imide groups is 1. The third-order valence-corrected chi connectivity index (χ3v) is 8.16. The van der Waals surface area contributed by atoms with Crippen LogP contribution in [0.2, 0.25) is 0 Å². The van der Waals surface area contributed by atoms with Crippen LogP contribution in [0.1, 0.15) is 112 Å². The number of carboxylic acids is 1. The second-order valence-electron chi connectivity index (χ2n) is 10.3. The average Bonchev–Trinajstić information content (AvgIpc) is 3.11. The van der Waals surface area contributed by atoms with Gasteiger partial charge in [0.1, 0.15) is 6.54 Å². The SMILES string of the molecule is CCN1CC(=O)N(CCCCC(CC)(CC)CCCCOCCCCC(C)(CC)C(=O)O)C1=O. The summed E-state index contributed by atoms with van der Waals surface area (Å²) in [6.07, 6.45) is 11.9. The van der Waals surface area contributed by atoms with Gasteiger partial charge in [0.2, 0.25) is 5.91 Å². The number of urea groups is 1. The van der Waals surface area contributed by atoms with Crippen molar-refractivity contribution in [1.29, 1.82) is 0 Å². The molecule has 1 unspecified atom stereocenters. The van der Waals surface area contributed by atoms with Crippen molar-refractivity contribution < 1.29 is 24.2 Å². The van der Waals surface area contributed by atoms with E-state index in [9.17, 15) is 19.5 Å². The number of likely N-dealkylation sites (N-methyl/N-ethyl adjacent to an activating group) is 1. The first-order valence-electron chi connectivity index (χ1n) is 13.6. The van der Waals surface area contributed by atoms with Crippen LogP contribution < -0.4 is 0 Å². The molecule has 0 aromatic heterocycles. The monoisotopic (exact) mass is 482 g/mol. The van der Waals surface area contributed by atoms with E-state index in [2.05, 4.69) is 13.8 Å². The summed E-state index contributed by atoms with van der Waals surface area (Å²) < 4.78 is 5.80. The van der Waals surface area contributed by atoms with Crippen LogP contribution in [0.4, 0.5) is 4.79 Å². The Morgan fingerprint density at radius 2 is 1.44 bits per heavy atom. The van der Waals surface area contributed by atoms with Gasteiger partial charge in [-0.3, -0.25) is 14.5 Å². The first-order chi connectivity index (χ1) is 16.2. The third-order valence-electron chi connectivity index (χ3n) is 8.16. The van der Waals surface area contributed by atoms with E-state index < -0.39 is 11.4 Å². The number of ether oxygens (including phenoxy) is 1. The normalized spacial score (nSPS) is 16.4. The molecule has 0 aromatic rings. The number of carbonyl (C=O) groups excluding carboxylic acids is 2. The zero-order valence-electron chi connectivity index (χ0n) is 22.5. The van der Waals surface area contributed by atoms with E-state index in [0.717, 1.165) is 64.4 Å². The van der Waals surface area contributed by atoms with Crippen molar-refractivity contribution in [2.24, 2.45) is 10.8 Å². The molecular weight excluding hydrogens is 432 g/mol. The summed E-state index contributed by atoms with van der Waals surface area (Å²) in [5, 5.41) is 9.33. The molecule has 3 amide bonds. The zero-order chi connectivity index (χ0) is 25.6. The van der Waals surface area contributed by atoms with E-state index in [0.29, 0.717) is 38.0 Å². The highest BCUT2D eigenvalue weighted by Crippen LogP contribution is 2.38. The number of unbranched alkanes of at least 4 members (excludes halogenated alkanes) is 3. The Kier molecular flexibility index (Phi) is 13.8. The number of carbonyl (C=O) groups is 3. The number of amides is 3. The molecule has 7 nitrogen and oxygen atoms in total. The quantitative estimate of drug-likeness (QED) is 0.167. The average molecular weight is 483 g/mol. The summed E-state index contributed by atoms with van der Waals surface area (Å²) in [6, 6.07) is -0.133. The Balaban J connectivity index is 2.21. The maximum atomic E-state index is 12.2. The van der Waals surface area contributed by atoms with Gasteiger partial charge in [0, 0.05) is 26.3 Å². The van der Waals surface area contributed by atoms with Crippen LogP contribution in [0, 0.1) is 10.8 Å². The van der Waals surface area contributed by atoms with E-state index in [1.165, 1.54) is 11.3 Å². The molecule has 0 saturated carbocycles. The van der Waals surface area contributed by atoms with Crippen molar-refractivity contribution >= 4 is 17.9 Å². The summed E-state index contributed by atoms with van der Waals surface area (Å²) in [5.74, 6) is -0.766. The molecule has 1 heterocycles. The minimum absolute atomic E-state index is 0.0645. The number of rotatable bonds is 20. The third kappa shape index (κ3) is 9.20.